The van der Waals surface area contributed by atoms with E-state index in [9.17, 15) is 9.18 Å². The maximum atomic E-state index is 13.2. The predicted molar refractivity (Wildman–Crippen MR) is 91.5 cm³/mol. The van der Waals surface area contributed by atoms with Gasteiger partial charge in [0.2, 0.25) is 5.91 Å². The van der Waals surface area contributed by atoms with E-state index in [0.29, 0.717) is 0 Å². The number of hydrogen-bond acceptors (Lipinski definition) is 4. The molecular weight excluding hydrogens is 307 g/mol. The van der Waals surface area contributed by atoms with Crippen molar-refractivity contribution in [2.24, 2.45) is 5.92 Å². The molecule has 1 N–H and O–H groups in total. The van der Waals surface area contributed by atoms with Gasteiger partial charge in [0.25, 0.3) is 0 Å². The van der Waals surface area contributed by atoms with Crippen LogP contribution in [0.15, 0.2) is 18.2 Å². The second-order valence-corrected chi connectivity index (χ2v) is 7.09. The highest BCUT2D eigenvalue weighted by molar-refractivity contribution is 5.78. The second kappa shape index (κ2) is 7.17. The maximum Gasteiger partial charge on any atom is 0.237 e. The molecule has 2 saturated heterocycles. The van der Waals surface area contributed by atoms with Crippen LogP contribution in [0.25, 0.3) is 0 Å². The molecule has 1 aromatic rings. The van der Waals surface area contributed by atoms with Gasteiger partial charge in [-0.3, -0.25) is 20.0 Å². The summed E-state index contributed by atoms with van der Waals surface area (Å²) in [6.07, 6.45) is 1.15. The van der Waals surface area contributed by atoms with Crippen molar-refractivity contribution in [1.82, 2.24) is 20.2 Å². The third-order valence-electron chi connectivity index (χ3n) is 5.27. The van der Waals surface area contributed by atoms with Crippen LogP contribution < -0.4 is 5.43 Å². The van der Waals surface area contributed by atoms with E-state index in [1.807, 2.05) is 32.0 Å². The minimum Gasteiger partial charge on any atom is -0.297 e. The van der Waals surface area contributed by atoms with Crippen LogP contribution in [0.3, 0.4) is 0 Å². The van der Waals surface area contributed by atoms with Crippen molar-refractivity contribution in [3.05, 3.63) is 35.1 Å². The molecule has 2 fully saturated rings. The highest BCUT2D eigenvalue weighted by atomic mass is 19.1. The number of hydrogen-bond donors (Lipinski definition) is 1. The highest BCUT2D eigenvalue weighted by Gasteiger charge is 2.34. The average Bonchev–Trinajstić information content (AvgIpc) is 2.54. The van der Waals surface area contributed by atoms with Crippen LogP contribution in [0, 0.1) is 18.7 Å². The predicted octanol–water partition coefficient (Wildman–Crippen LogP) is 1.58. The highest BCUT2D eigenvalue weighted by Crippen LogP contribution is 2.21. The number of rotatable bonds is 3. The fraction of sp³-hybridized carbons (Fsp3) is 0.611. The van der Waals surface area contributed by atoms with Gasteiger partial charge in [-0.15, -0.1) is 0 Å². The van der Waals surface area contributed by atoms with Crippen LogP contribution in [0.4, 0.5) is 4.39 Å². The molecular formula is C18H27FN4O. The molecule has 6 heteroatoms. The molecule has 0 spiro atoms. The lowest BCUT2D eigenvalue weighted by molar-refractivity contribution is -0.141. The monoisotopic (exact) mass is 334 g/mol. The van der Waals surface area contributed by atoms with Crippen LogP contribution in [0.2, 0.25) is 0 Å². The van der Waals surface area contributed by atoms with Gasteiger partial charge in [0, 0.05) is 45.7 Å². The number of carbonyl (C=O) groups is 1. The molecule has 0 bridgehead atoms. The van der Waals surface area contributed by atoms with E-state index in [4.69, 9.17) is 0 Å². The fourth-order valence-electron chi connectivity index (χ4n) is 3.63. The van der Waals surface area contributed by atoms with Crippen molar-refractivity contribution in [2.75, 3.05) is 33.2 Å². The minimum atomic E-state index is -0.169. The summed E-state index contributed by atoms with van der Waals surface area (Å²) >= 11 is 0. The van der Waals surface area contributed by atoms with Crippen LogP contribution in [0.5, 0.6) is 0 Å². The summed E-state index contributed by atoms with van der Waals surface area (Å²) in [5, 5.41) is 1.95. The first-order chi connectivity index (χ1) is 11.4. The van der Waals surface area contributed by atoms with Crippen LogP contribution in [-0.4, -0.2) is 60.1 Å². The van der Waals surface area contributed by atoms with Crippen LogP contribution in [0.1, 0.15) is 24.5 Å². The Morgan fingerprint density at radius 1 is 1.25 bits per heavy atom. The topological polar surface area (TPSA) is 38.8 Å². The Balaban J connectivity index is 1.55. The van der Waals surface area contributed by atoms with Gasteiger partial charge in [-0.25, -0.2) is 9.40 Å². The molecule has 1 amide bonds. The molecule has 132 valence electrons. The van der Waals surface area contributed by atoms with E-state index in [-0.39, 0.29) is 23.8 Å². The maximum absolute atomic E-state index is 13.2. The third-order valence-corrected chi connectivity index (χ3v) is 5.27. The smallest absolute Gasteiger partial charge is 0.237 e. The van der Waals surface area contributed by atoms with Gasteiger partial charge in [-0.1, -0.05) is 13.0 Å². The molecule has 2 atom stereocenters. The van der Waals surface area contributed by atoms with Crippen molar-refractivity contribution in [1.29, 1.82) is 0 Å². The summed E-state index contributed by atoms with van der Waals surface area (Å²) in [4.78, 5) is 16.6. The molecule has 0 saturated carbocycles. The number of hydrazine groups is 1. The summed E-state index contributed by atoms with van der Waals surface area (Å²) < 4.78 is 13.2. The van der Waals surface area contributed by atoms with Crippen molar-refractivity contribution in [3.63, 3.8) is 0 Å². The number of carbonyl (C=O) groups excluding carboxylic acids is 1. The average molecular weight is 334 g/mol. The largest absolute Gasteiger partial charge is 0.297 e. The number of halogens is 1. The summed E-state index contributed by atoms with van der Waals surface area (Å²) in [5.74, 6) is 0.00263. The van der Waals surface area contributed by atoms with Gasteiger partial charge < -0.3 is 0 Å². The lowest BCUT2D eigenvalue weighted by atomic mass is 10.0. The van der Waals surface area contributed by atoms with E-state index in [2.05, 4.69) is 15.2 Å². The first-order valence-corrected chi connectivity index (χ1v) is 8.69. The lowest BCUT2D eigenvalue weighted by Gasteiger charge is -2.45. The number of piperazine rings is 1. The zero-order valence-corrected chi connectivity index (χ0v) is 14.8. The Hall–Kier alpha value is -1.50. The summed E-state index contributed by atoms with van der Waals surface area (Å²) in [5.41, 5.74) is 5.15. The third kappa shape index (κ3) is 3.77. The quantitative estimate of drug-likeness (QED) is 0.911. The van der Waals surface area contributed by atoms with Gasteiger partial charge in [-0.05, 0) is 36.6 Å². The molecule has 3 rings (SSSR count). The second-order valence-electron chi connectivity index (χ2n) is 7.09. The number of nitrogens with one attached hydrogen (secondary N) is 1. The Kier molecular flexibility index (Phi) is 5.18. The first kappa shape index (κ1) is 17.3. The lowest BCUT2D eigenvalue weighted by Crippen LogP contribution is -2.62. The summed E-state index contributed by atoms with van der Waals surface area (Å²) in [6.45, 7) is 8.77. The molecule has 2 aliphatic rings. The zero-order chi connectivity index (χ0) is 17.3. The van der Waals surface area contributed by atoms with E-state index in [1.54, 1.807) is 12.1 Å². The number of nitrogens with zero attached hydrogens (tertiary/aromatic N) is 3. The van der Waals surface area contributed by atoms with E-state index in [0.717, 1.165) is 44.7 Å². The molecule has 1 aromatic carbocycles. The van der Waals surface area contributed by atoms with Crippen molar-refractivity contribution >= 4 is 5.91 Å². The summed E-state index contributed by atoms with van der Waals surface area (Å²) in [6, 6.07) is 5.04. The molecule has 0 aromatic heterocycles. The van der Waals surface area contributed by atoms with E-state index < -0.39 is 0 Å². The number of benzene rings is 1. The van der Waals surface area contributed by atoms with Gasteiger partial charge in [0.15, 0.2) is 0 Å². The normalized spacial score (nSPS) is 27.2. The minimum absolute atomic E-state index is 0.0612. The van der Waals surface area contributed by atoms with Gasteiger partial charge in [0.05, 0.1) is 6.17 Å². The molecule has 2 unspecified atom stereocenters. The first-order valence-electron chi connectivity index (χ1n) is 8.69. The summed E-state index contributed by atoms with van der Waals surface area (Å²) in [7, 11) is 1.95. The standard InChI is InChI=1S/C18H27FN4O/c1-13-10-16(19)5-4-15(13)12-22-6-8-23(9-7-22)17-11-14(2)18(24)20-21(17)3/h4-5,10,14,17H,6-9,11-12H2,1-3H3,(H,20,24). The molecule has 2 heterocycles. The van der Waals surface area contributed by atoms with Crippen molar-refractivity contribution in [2.45, 2.75) is 33.0 Å². The molecule has 2 aliphatic heterocycles. The fourth-order valence-corrected chi connectivity index (χ4v) is 3.63. The Morgan fingerprint density at radius 3 is 2.62 bits per heavy atom. The van der Waals surface area contributed by atoms with Crippen molar-refractivity contribution < 1.29 is 9.18 Å². The van der Waals surface area contributed by atoms with Crippen molar-refractivity contribution in [3.8, 4) is 0 Å². The Morgan fingerprint density at radius 2 is 1.96 bits per heavy atom. The SMILES string of the molecule is Cc1cc(F)ccc1CN1CCN(C2CC(C)C(=O)NN2C)CC1. The van der Waals surface area contributed by atoms with Gasteiger partial charge >= 0.3 is 0 Å². The Bertz CT molecular complexity index is 601. The Labute approximate surface area is 143 Å². The van der Waals surface area contributed by atoms with Gasteiger partial charge in [-0.2, -0.15) is 0 Å². The van der Waals surface area contributed by atoms with E-state index >= 15 is 0 Å². The molecule has 5 nitrogen and oxygen atoms in total. The number of aryl methyl sites for hydroxylation is 1. The molecule has 0 aliphatic carbocycles. The molecule has 0 radical (unpaired) electrons. The number of amides is 1. The van der Waals surface area contributed by atoms with E-state index in [1.165, 1.54) is 5.56 Å². The molecule has 24 heavy (non-hydrogen) atoms. The van der Waals surface area contributed by atoms with Gasteiger partial charge in [0.1, 0.15) is 5.82 Å². The van der Waals surface area contributed by atoms with Crippen LogP contribution >= 0.6 is 0 Å². The van der Waals surface area contributed by atoms with Crippen LogP contribution in [-0.2, 0) is 11.3 Å². The zero-order valence-electron chi connectivity index (χ0n) is 14.8.